The average molecular weight is 275 g/mol. The highest BCUT2D eigenvalue weighted by molar-refractivity contribution is 5.78. The van der Waals surface area contributed by atoms with Gasteiger partial charge in [0.15, 0.2) is 0 Å². The number of carbonyl (C=O) groups excluding carboxylic acids is 1. The van der Waals surface area contributed by atoms with E-state index in [1.165, 1.54) is 11.1 Å². The van der Waals surface area contributed by atoms with Crippen molar-refractivity contribution >= 4 is 5.91 Å². The molecule has 1 heterocycles. The maximum atomic E-state index is 12.2. The Balaban J connectivity index is 1.81. The molecule has 1 aliphatic heterocycles. The van der Waals surface area contributed by atoms with E-state index in [9.17, 15) is 4.79 Å². The predicted molar refractivity (Wildman–Crippen MR) is 81.3 cm³/mol. The first-order valence-corrected chi connectivity index (χ1v) is 7.30. The molecule has 1 atom stereocenters. The van der Waals surface area contributed by atoms with Crippen LogP contribution in [0.1, 0.15) is 17.5 Å². The van der Waals surface area contributed by atoms with Crippen molar-refractivity contribution < 1.29 is 4.79 Å². The third kappa shape index (κ3) is 4.05. The van der Waals surface area contributed by atoms with Crippen molar-refractivity contribution in [3.63, 3.8) is 0 Å². The second-order valence-corrected chi connectivity index (χ2v) is 5.86. The number of rotatable bonds is 5. The van der Waals surface area contributed by atoms with Crippen LogP contribution >= 0.6 is 0 Å². The Hall–Kier alpha value is -1.39. The SMILES string of the molecule is Cc1ccc(CN(C)C(=O)CN2CCC(CN)C2)cc1. The van der Waals surface area contributed by atoms with E-state index in [1.54, 1.807) is 4.90 Å². The van der Waals surface area contributed by atoms with E-state index in [0.29, 0.717) is 19.0 Å². The van der Waals surface area contributed by atoms with Crippen molar-refractivity contribution in [3.8, 4) is 0 Å². The quantitative estimate of drug-likeness (QED) is 0.879. The second kappa shape index (κ2) is 6.86. The van der Waals surface area contributed by atoms with Crippen LogP contribution in [-0.4, -0.2) is 48.9 Å². The van der Waals surface area contributed by atoms with Gasteiger partial charge in [0.1, 0.15) is 0 Å². The first-order chi connectivity index (χ1) is 9.58. The van der Waals surface area contributed by atoms with Crippen molar-refractivity contribution in [2.45, 2.75) is 19.9 Å². The van der Waals surface area contributed by atoms with Gasteiger partial charge in [-0.05, 0) is 37.9 Å². The van der Waals surface area contributed by atoms with E-state index in [-0.39, 0.29) is 5.91 Å². The van der Waals surface area contributed by atoms with Gasteiger partial charge in [-0.1, -0.05) is 29.8 Å². The molecule has 1 aromatic rings. The van der Waals surface area contributed by atoms with Crippen molar-refractivity contribution in [3.05, 3.63) is 35.4 Å². The summed E-state index contributed by atoms with van der Waals surface area (Å²) in [5, 5.41) is 0. The molecule has 0 aromatic heterocycles. The lowest BCUT2D eigenvalue weighted by atomic mass is 10.1. The Bertz CT molecular complexity index is 444. The largest absolute Gasteiger partial charge is 0.340 e. The molecular weight excluding hydrogens is 250 g/mol. The number of hydrogen-bond acceptors (Lipinski definition) is 3. The van der Waals surface area contributed by atoms with Crippen LogP contribution in [0.2, 0.25) is 0 Å². The van der Waals surface area contributed by atoms with Crippen LogP contribution in [0.3, 0.4) is 0 Å². The molecule has 4 heteroatoms. The summed E-state index contributed by atoms with van der Waals surface area (Å²) in [4.78, 5) is 16.2. The summed E-state index contributed by atoms with van der Waals surface area (Å²) < 4.78 is 0. The van der Waals surface area contributed by atoms with Gasteiger partial charge >= 0.3 is 0 Å². The lowest BCUT2D eigenvalue weighted by molar-refractivity contribution is -0.131. The van der Waals surface area contributed by atoms with E-state index in [2.05, 4.69) is 36.1 Å². The zero-order valence-electron chi connectivity index (χ0n) is 12.5. The van der Waals surface area contributed by atoms with E-state index in [0.717, 1.165) is 26.1 Å². The average Bonchev–Trinajstić information content (AvgIpc) is 2.89. The fourth-order valence-electron chi connectivity index (χ4n) is 2.62. The smallest absolute Gasteiger partial charge is 0.236 e. The van der Waals surface area contributed by atoms with Crippen molar-refractivity contribution in [2.24, 2.45) is 11.7 Å². The number of carbonyl (C=O) groups is 1. The van der Waals surface area contributed by atoms with Crippen LogP contribution in [-0.2, 0) is 11.3 Å². The molecule has 0 saturated carbocycles. The van der Waals surface area contributed by atoms with Crippen LogP contribution < -0.4 is 5.73 Å². The number of likely N-dealkylation sites (N-methyl/N-ethyl adjacent to an activating group) is 1. The van der Waals surface area contributed by atoms with Gasteiger partial charge in [0.2, 0.25) is 5.91 Å². The standard InChI is InChI=1S/C16H25N3O/c1-13-3-5-14(6-4-13)10-18(2)16(20)12-19-8-7-15(9-17)11-19/h3-6,15H,7-12,17H2,1-2H3. The monoisotopic (exact) mass is 275 g/mol. The summed E-state index contributed by atoms with van der Waals surface area (Å²) in [6, 6.07) is 8.33. The minimum absolute atomic E-state index is 0.184. The fourth-order valence-corrected chi connectivity index (χ4v) is 2.62. The molecule has 1 fully saturated rings. The molecule has 0 spiro atoms. The van der Waals surface area contributed by atoms with Crippen LogP contribution in [0.4, 0.5) is 0 Å². The Morgan fingerprint density at radius 3 is 2.70 bits per heavy atom. The van der Waals surface area contributed by atoms with Gasteiger partial charge in [-0.3, -0.25) is 9.69 Å². The Labute approximate surface area is 121 Å². The number of likely N-dealkylation sites (tertiary alicyclic amines) is 1. The van der Waals surface area contributed by atoms with E-state index >= 15 is 0 Å². The summed E-state index contributed by atoms with van der Waals surface area (Å²) >= 11 is 0. The Morgan fingerprint density at radius 2 is 2.10 bits per heavy atom. The molecule has 2 rings (SSSR count). The van der Waals surface area contributed by atoms with Crippen LogP contribution in [0.5, 0.6) is 0 Å². The van der Waals surface area contributed by atoms with Crippen LogP contribution in [0.25, 0.3) is 0 Å². The van der Waals surface area contributed by atoms with E-state index < -0.39 is 0 Å². The molecule has 110 valence electrons. The highest BCUT2D eigenvalue weighted by Gasteiger charge is 2.23. The fraction of sp³-hybridized carbons (Fsp3) is 0.562. The summed E-state index contributed by atoms with van der Waals surface area (Å²) in [6.07, 6.45) is 1.12. The van der Waals surface area contributed by atoms with Crippen molar-refractivity contribution in [1.82, 2.24) is 9.80 Å². The van der Waals surface area contributed by atoms with E-state index in [4.69, 9.17) is 5.73 Å². The summed E-state index contributed by atoms with van der Waals surface area (Å²) in [7, 11) is 1.87. The Morgan fingerprint density at radius 1 is 1.40 bits per heavy atom. The van der Waals surface area contributed by atoms with Crippen molar-refractivity contribution in [1.29, 1.82) is 0 Å². The molecule has 1 aromatic carbocycles. The molecule has 1 aliphatic rings. The number of nitrogens with two attached hydrogens (primary N) is 1. The van der Waals surface area contributed by atoms with Crippen LogP contribution in [0.15, 0.2) is 24.3 Å². The van der Waals surface area contributed by atoms with Gasteiger partial charge in [-0.15, -0.1) is 0 Å². The van der Waals surface area contributed by atoms with Gasteiger partial charge in [0.25, 0.3) is 0 Å². The molecule has 20 heavy (non-hydrogen) atoms. The lowest BCUT2D eigenvalue weighted by Gasteiger charge is -2.21. The molecule has 2 N–H and O–H groups in total. The zero-order chi connectivity index (χ0) is 14.5. The summed E-state index contributed by atoms with van der Waals surface area (Å²) in [6.45, 7) is 5.93. The summed E-state index contributed by atoms with van der Waals surface area (Å²) in [5.41, 5.74) is 8.10. The maximum Gasteiger partial charge on any atom is 0.236 e. The second-order valence-electron chi connectivity index (χ2n) is 5.86. The third-order valence-corrected chi connectivity index (χ3v) is 4.03. The molecule has 1 unspecified atom stereocenters. The van der Waals surface area contributed by atoms with Crippen LogP contribution in [0, 0.1) is 12.8 Å². The first-order valence-electron chi connectivity index (χ1n) is 7.30. The normalized spacial score (nSPS) is 19.2. The van der Waals surface area contributed by atoms with Gasteiger partial charge in [0.05, 0.1) is 6.54 Å². The molecule has 4 nitrogen and oxygen atoms in total. The maximum absolute atomic E-state index is 12.2. The number of aryl methyl sites for hydroxylation is 1. The molecule has 1 amide bonds. The highest BCUT2D eigenvalue weighted by Crippen LogP contribution is 2.14. The summed E-state index contributed by atoms with van der Waals surface area (Å²) in [5.74, 6) is 0.744. The minimum atomic E-state index is 0.184. The molecule has 0 bridgehead atoms. The number of benzene rings is 1. The minimum Gasteiger partial charge on any atom is -0.340 e. The van der Waals surface area contributed by atoms with Gasteiger partial charge in [-0.2, -0.15) is 0 Å². The molecule has 1 saturated heterocycles. The van der Waals surface area contributed by atoms with Gasteiger partial charge in [0, 0.05) is 20.1 Å². The topological polar surface area (TPSA) is 49.6 Å². The van der Waals surface area contributed by atoms with Gasteiger partial charge in [-0.25, -0.2) is 0 Å². The molecule has 0 aliphatic carbocycles. The first kappa shape index (κ1) is 15.0. The highest BCUT2D eigenvalue weighted by atomic mass is 16.2. The molecule has 0 radical (unpaired) electrons. The zero-order valence-corrected chi connectivity index (χ0v) is 12.5. The Kier molecular flexibility index (Phi) is 5.15. The number of amides is 1. The molecular formula is C16H25N3O. The lowest BCUT2D eigenvalue weighted by Crippen LogP contribution is -2.37. The third-order valence-electron chi connectivity index (χ3n) is 4.03. The van der Waals surface area contributed by atoms with Crippen molar-refractivity contribution in [2.75, 3.05) is 33.2 Å². The van der Waals surface area contributed by atoms with Gasteiger partial charge < -0.3 is 10.6 Å². The number of nitrogens with zero attached hydrogens (tertiary/aromatic N) is 2. The van der Waals surface area contributed by atoms with E-state index in [1.807, 2.05) is 7.05 Å². The predicted octanol–water partition coefficient (Wildman–Crippen LogP) is 1.23. The number of hydrogen-bond donors (Lipinski definition) is 1.